The third kappa shape index (κ3) is 2.84. The second-order valence-electron chi connectivity index (χ2n) is 4.81. The molecule has 112 valence electrons. The highest BCUT2D eigenvalue weighted by atomic mass is 16.3. The summed E-state index contributed by atoms with van der Waals surface area (Å²) in [6.07, 6.45) is 1.65. The first-order valence-electron chi connectivity index (χ1n) is 6.92. The number of carbonyl (C=O) groups is 1. The molecule has 1 aromatic carbocycles. The average Bonchev–Trinajstić information content (AvgIpc) is 2.84. The van der Waals surface area contributed by atoms with Gasteiger partial charge in [-0.1, -0.05) is 6.07 Å². The van der Waals surface area contributed by atoms with E-state index in [1.165, 1.54) is 0 Å². The van der Waals surface area contributed by atoms with Crippen LogP contribution < -0.4 is 10.6 Å². The topological polar surface area (TPSA) is 84.4 Å². The van der Waals surface area contributed by atoms with Crippen molar-refractivity contribution in [3.63, 3.8) is 0 Å². The maximum Gasteiger partial charge on any atom is 0.280 e. The van der Waals surface area contributed by atoms with Crippen LogP contribution in [0.15, 0.2) is 24.4 Å². The number of rotatable bonds is 4. The summed E-state index contributed by atoms with van der Waals surface area (Å²) in [6.45, 7) is 6.79. The molecule has 6 heteroatoms. The van der Waals surface area contributed by atoms with E-state index in [2.05, 4.69) is 5.10 Å². The van der Waals surface area contributed by atoms with Gasteiger partial charge in [0.05, 0.1) is 11.4 Å². The first-order valence-corrected chi connectivity index (χ1v) is 6.92. The van der Waals surface area contributed by atoms with Crippen molar-refractivity contribution in [2.45, 2.75) is 27.3 Å². The third-order valence-electron chi connectivity index (χ3n) is 3.36. The zero-order valence-corrected chi connectivity index (χ0v) is 12.5. The van der Waals surface area contributed by atoms with Gasteiger partial charge in [-0.25, -0.2) is 0 Å². The fourth-order valence-electron chi connectivity index (χ4n) is 2.20. The number of benzene rings is 1. The van der Waals surface area contributed by atoms with Crippen molar-refractivity contribution in [1.29, 1.82) is 0 Å². The van der Waals surface area contributed by atoms with Gasteiger partial charge in [0.15, 0.2) is 5.69 Å². The second-order valence-corrected chi connectivity index (χ2v) is 4.81. The summed E-state index contributed by atoms with van der Waals surface area (Å²) in [6, 6.07) is 4.94. The number of amides is 1. The predicted molar refractivity (Wildman–Crippen MR) is 82.5 cm³/mol. The fraction of sp³-hybridized carbons (Fsp3) is 0.333. The molecule has 0 unspecified atom stereocenters. The number of aryl methyl sites for hydroxylation is 2. The van der Waals surface area contributed by atoms with Crippen molar-refractivity contribution in [1.82, 2.24) is 9.78 Å². The van der Waals surface area contributed by atoms with Crippen molar-refractivity contribution < 1.29 is 9.90 Å². The minimum absolute atomic E-state index is 0.119. The van der Waals surface area contributed by atoms with E-state index in [1.807, 2.05) is 20.8 Å². The van der Waals surface area contributed by atoms with Gasteiger partial charge < -0.3 is 15.7 Å². The molecule has 0 atom stereocenters. The molecule has 0 fully saturated rings. The molecule has 2 rings (SSSR count). The van der Waals surface area contributed by atoms with Crippen molar-refractivity contribution in [3.05, 3.63) is 35.7 Å². The Hall–Kier alpha value is -2.50. The lowest BCUT2D eigenvalue weighted by molar-refractivity contribution is 0.0983. The minimum Gasteiger partial charge on any atom is -0.508 e. The highest BCUT2D eigenvalue weighted by Crippen LogP contribution is 2.26. The van der Waals surface area contributed by atoms with Crippen molar-refractivity contribution in [2.75, 3.05) is 17.2 Å². The van der Waals surface area contributed by atoms with Crippen molar-refractivity contribution in [3.8, 4) is 5.75 Å². The molecule has 0 aliphatic carbocycles. The quantitative estimate of drug-likeness (QED) is 0.903. The molecule has 0 saturated heterocycles. The number of phenolic OH excluding ortho intramolecular Hbond substituents is 1. The Morgan fingerprint density at radius 1 is 1.43 bits per heavy atom. The third-order valence-corrected chi connectivity index (χ3v) is 3.36. The number of anilines is 2. The van der Waals surface area contributed by atoms with Crippen LogP contribution in [0.1, 0.15) is 29.9 Å². The van der Waals surface area contributed by atoms with Crippen LogP contribution >= 0.6 is 0 Å². The van der Waals surface area contributed by atoms with Crippen molar-refractivity contribution in [2.24, 2.45) is 0 Å². The molecule has 1 heterocycles. The number of phenols is 1. The number of carbonyl (C=O) groups excluding carboxylic acids is 1. The lowest BCUT2D eigenvalue weighted by atomic mass is 10.1. The number of aromatic nitrogens is 2. The van der Waals surface area contributed by atoms with E-state index in [4.69, 9.17) is 5.73 Å². The average molecular weight is 288 g/mol. The Morgan fingerprint density at radius 2 is 2.14 bits per heavy atom. The maximum absolute atomic E-state index is 12.7. The van der Waals surface area contributed by atoms with E-state index in [0.717, 1.165) is 5.56 Å². The lowest BCUT2D eigenvalue weighted by Crippen LogP contribution is -2.32. The summed E-state index contributed by atoms with van der Waals surface area (Å²) >= 11 is 0. The number of hydrogen-bond donors (Lipinski definition) is 2. The normalized spacial score (nSPS) is 10.6. The Bertz CT molecular complexity index is 664. The molecule has 3 N–H and O–H groups in total. The van der Waals surface area contributed by atoms with Crippen LogP contribution in [0, 0.1) is 6.92 Å². The van der Waals surface area contributed by atoms with Crippen LogP contribution in [0.5, 0.6) is 5.75 Å². The van der Waals surface area contributed by atoms with Crippen LogP contribution in [0.2, 0.25) is 0 Å². The highest BCUT2D eigenvalue weighted by molar-refractivity contribution is 6.08. The van der Waals surface area contributed by atoms with Crippen LogP contribution in [-0.2, 0) is 6.54 Å². The molecular weight excluding hydrogens is 268 g/mol. The van der Waals surface area contributed by atoms with Gasteiger partial charge in [-0.3, -0.25) is 9.48 Å². The summed E-state index contributed by atoms with van der Waals surface area (Å²) in [4.78, 5) is 14.2. The Morgan fingerprint density at radius 3 is 2.71 bits per heavy atom. The molecule has 1 aromatic heterocycles. The fourth-order valence-corrected chi connectivity index (χ4v) is 2.20. The summed E-state index contributed by atoms with van der Waals surface area (Å²) < 4.78 is 1.63. The van der Waals surface area contributed by atoms with Crippen LogP contribution in [-0.4, -0.2) is 27.3 Å². The van der Waals surface area contributed by atoms with Crippen LogP contribution in [0.3, 0.4) is 0 Å². The molecule has 21 heavy (non-hydrogen) atoms. The van der Waals surface area contributed by atoms with Gasteiger partial charge in [0.1, 0.15) is 5.75 Å². The van der Waals surface area contributed by atoms with Gasteiger partial charge in [0.25, 0.3) is 5.91 Å². The Kier molecular flexibility index (Phi) is 4.16. The van der Waals surface area contributed by atoms with Gasteiger partial charge in [0, 0.05) is 25.4 Å². The molecule has 0 spiro atoms. The van der Waals surface area contributed by atoms with E-state index >= 15 is 0 Å². The molecule has 1 amide bonds. The summed E-state index contributed by atoms with van der Waals surface area (Å²) in [5.41, 5.74) is 8.03. The Labute approximate surface area is 123 Å². The molecule has 6 nitrogen and oxygen atoms in total. The minimum atomic E-state index is -0.268. The highest BCUT2D eigenvalue weighted by Gasteiger charge is 2.23. The molecule has 0 bridgehead atoms. The second kappa shape index (κ2) is 5.87. The smallest absolute Gasteiger partial charge is 0.280 e. The largest absolute Gasteiger partial charge is 0.508 e. The predicted octanol–water partition coefficient (Wildman–Crippen LogP) is 2.17. The molecule has 0 aliphatic rings. The molecule has 0 saturated carbocycles. The molecule has 2 aromatic rings. The van der Waals surface area contributed by atoms with Crippen LogP contribution in [0.25, 0.3) is 0 Å². The first-order chi connectivity index (χ1) is 9.97. The van der Waals surface area contributed by atoms with E-state index < -0.39 is 0 Å². The zero-order chi connectivity index (χ0) is 15.6. The number of aromatic hydroxyl groups is 1. The summed E-state index contributed by atoms with van der Waals surface area (Å²) in [5, 5.41) is 13.9. The van der Waals surface area contributed by atoms with E-state index in [9.17, 15) is 9.90 Å². The number of hydrogen-bond acceptors (Lipinski definition) is 4. The molecule has 0 aliphatic heterocycles. The number of nitrogens with two attached hydrogens (primary N) is 1. The standard InChI is InChI=1S/C15H20N4O2/c1-4-18-9-12(16)14(17-18)15(21)19(5-2)13-8-11(20)7-6-10(13)3/h6-9,20H,4-5,16H2,1-3H3. The van der Waals surface area contributed by atoms with Crippen molar-refractivity contribution >= 4 is 17.3 Å². The van der Waals surface area contributed by atoms with Gasteiger partial charge in [-0.2, -0.15) is 5.10 Å². The van der Waals surface area contributed by atoms with Gasteiger partial charge in [-0.05, 0) is 32.4 Å². The molecule has 0 radical (unpaired) electrons. The van der Waals surface area contributed by atoms with E-state index in [1.54, 1.807) is 34.0 Å². The summed E-state index contributed by atoms with van der Waals surface area (Å²) in [7, 11) is 0. The van der Waals surface area contributed by atoms with E-state index in [-0.39, 0.29) is 17.4 Å². The van der Waals surface area contributed by atoms with E-state index in [0.29, 0.717) is 24.5 Å². The Balaban J connectivity index is 2.43. The number of nitrogens with zero attached hydrogens (tertiary/aromatic N) is 3. The van der Waals surface area contributed by atoms with Gasteiger partial charge in [0.2, 0.25) is 0 Å². The SMILES string of the molecule is CCN(C(=O)c1nn(CC)cc1N)c1cc(O)ccc1C. The number of nitrogen functional groups attached to an aromatic ring is 1. The zero-order valence-electron chi connectivity index (χ0n) is 12.5. The monoisotopic (exact) mass is 288 g/mol. The van der Waals surface area contributed by atoms with Gasteiger partial charge in [-0.15, -0.1) is 0 Å². The van der Waals surface area contributed by atoms with Gasteiger partial charge >= 0.3 is 0 Å². The summed E-state index contributed by atoms with van der Waals surface area (Å²) in [5.74, 6) is -0.148. The van der Waals surface area contributed by atoms with Crippen LogP contribution in [0.4, 0.5) is 11.4 Å². The maximum atomic E-state index is 12.7. The first kappa shape index (κ1) is 14.9. The lowest BCUT2D eigenvalue weighted by Gasteiger charge is -2.22. The molecular formula is C15H20N4O2.